The van der Waals surface area contributed by atoms with Crippen molar-refractivity contribution >= 4 is 22.5 Å². The first-order chi connectivity index (χ1) is 14.3. The molecule has 150 valence electrons. The normalized spacial score (nSPS) is 15.9. The van der Waals surface area contributed by atoms with Crippen molar-refractivity contribution in [1.82, 2.24) is 4.98 Å². The molecule has 0 bridgehead atoms. The molecule has 1 amide bonds. The van der Waals surface area contributed by atoms with Crippen molar-refractivity contribution in [3.05, 3.63) is 71.4 Å². The van der Waals surface area contributed by atoms with Gasteiger partial charge in [0.1, 0.15) is 0 Å². The third-order valence-electron chi connectivity index (χ3n) is 6.04. The molecule has 2 heterocycles. The lowest BCUT2D eigenvalue weighted by Crippen LogP contribution is -2.28. The molecule has 0 N–H and O–H groups in total. The van der Waals surface area contributed by atoms with Crippen molar-refractivity contribution in [1.29, 1.82) is 0 Å². The molecule has 0 aliphatic carbocycles. The highest BCUT2D eigenvalue weighted by atomic mass is 16.2. The number of carbonyl (C=O) groups is 1. The summed E-state index contributed by atoms with van der Waals surface area (Å²) >= 11 is 0. The number of benzene rings is 2. The number of amides is 1. The largest absolute Gasteiger partial charge is 0.299 e. The number of unbranched alkanes of at least 4 members (excludes halogenated alkanes) is 3. The van der Waals surface area contributed by atoms with E-state index >= 15 is 0 Å². The van der Waals surface area contributed by atoms with E-state index in [0.717, 1.165) is 54.3 Å². The van der Waals surface area contributed by atoms with Crippen LogP contribution in [0.1, 0.15) is 79.9 Å². The third-order valence-corrected chi connectivity index (χ3v) is 6.04. The van der Waals surface area contributed by atoms with Gasteiger partial charge >= 0.3 is 0 Å². The minimum absolute atomic E-state index is 0.0937. The molecule has 1 atom stereocenters. The minimum Gasteiger partial charge on any atom is -0.299 e. The van der Waals surface area contributed by atoms with E-state index in [0.29, 0.717) is 0 Å². The standard InChI is InChI=1S/C26H30N2O/c1-3-5-7-11-19-12-8-15-21-22(16-6-4-2)28(26(29)24(19)21)23-17-9-13-20-14-10-18-27-25(20)23/h8-10,12-15,17-18,22H,3-7,11,16H2,1-2H3. The second-order valence-corrected chi connectivity index (χ2v) is 8.02. The summed E-state index contributed by atoms with van der Waals surface area (Å²) in [7, 11) is 0. The average Bonchev–Trinajstić information content (AvgIpc) is 3.04. The van der Waals surface area contributed by atoms with Gasteiger partial charge < -0.3 is 0 Å². The highest BCUT2D eigenvalue weighted by Crippen LogP contribution is 2.43. The summed E-state index contributed by atoms with van der Waals surface area (Å²) in [6, 6.07) is 16.7. The van der Waals surface area contributed by atoms with Crippen molar-refractivity contribution in [2.24, 2.45) is 0 Å². The van der Waals surface area contributed by atoms with Gasteiger partial charge in [0.25, 0.3) is 5.91 Å². The summed E-state index contributed by atoms with van der Waals surface area (Å²) in [5, 5.41) is 1.08. The van der Waals surface area contributed by atoms with Crippen LogP contribution >= 0.6 is 0 Å². The second kappa shape index (κ2) is 8.77. The second-order valence-electron chi connectivity index (χ2n) is 8.02. The van der Waals surface area contributed by atoms with Crippen LogP contribution in [-0.2, 0) is 6.42 Å². The van der Waals surface area contributed by atoms with E-state index in [1.54, 1.807) is 0 Å². The summed E-state index contributed by atoms with van der Waals surface area (Å²) in [5.41, 5.74) is 5.19. The van der Waals surface area contributed by atoms with Crippen molar-refractivity contribution in [3.8, 4) is 0 Å². The first kappa shape index (κ1) is 19.6. The molecule has 0 saturated heterocycles. The van der Waals surface area contributed by atoms with Gasteiger partial charge in [-0.3, -0.25) is 14.7 Å². The van der Waals surface area contributed by atoms with Crippen molar-refractivity contribution in [2.45, 2.75) is 64.8 Å². The number of hydrogen-bond donors (Lipinski definition) is 0. The van der Waals surface area contributed by atoms with E-state index in [1.807, 2.05) is 23.2 Å². The Morgan fingerprint density at radius 3 is 2.55 bits per heavy atom. The van der Waals surface area contributed by atoms with Gasteiger partial charge in [0, 0.05) is 17.1 Å². The molecule has 0 fully saturated rings. The zero-order chi connectivity index (χ0) is 20.2. The lowest BCUT2D eigenvalue weighted by atomic mass is 9.94. The van der Waals surface area contributed by atoms with E-state index in [4.69, 9.17) is 0 Å². The van der Waals surface area contributed by atoms with Crippen LogP contribution in [0.2, 0.25) is 0 Å². The summed E-state index contributed by atoms with van der Waals surface area (Å²) in [6.45, 7) is 4.43. The topological polar surface area (TPSA) is 33.2 Å². The van der Waals surface area contributed by atoms with Gasteiger partial charge in [-0.2, -0.15) is 0 Å². The first-order valence-electron chi connectivity index (χ1n) is 11.0. The highest BCUT2D eigenvalue weighted by molar-refractivity contribution is 6.14. The molecule has 2 aromatic carbocycles. The van der Waals surface area contributed by atoms with Crippen molar-refractivity contribution in [3.63, 3.8) is 0 Å². The Balaban J connectivity index is 1.81. The Morgan fingerprint density at radius 2 is 1.72 bits per heavy atom. The number of carbonyl (C=O) groups excluding carboxylic acids is 1. The zero-order valence-electron chi connectivity index (χ0n) is 17.5. The Morgan fingerprint density at radius 1 is 0.931 bits per heavy atom. The predicted molar refractivity (Wildman–Crippen MR) is 120 cm³/mol. The molecule has 3 aromatic rings. The van der Waals surface area contributed by atoms with Crippen LogP contribution in [0, 0.1) is 0 Å². The van der Waals surface area contributed by atoms with Gasteiger partial charge in [-0.05, 0) is 42.5 Å². The summed E-state index contributed by atoms with van der Waals surface area (Å²) in [4.78, 5) is 20.4. The molecule has 4 rings (SSSR count). The smallest absolute Gasteiger partial charge is 0.259 e. The predicted octanol–water partition coefficient (Wildman–Crippen LogP) is 6.86. The lowest BCUT2D eigenvalue weighted by molar-refractivity contribution is 0.0989. The van der Waals surface area contributed by atoms with Crippen LogP contribution in [-0.4, -0.2) is 10.9 Å². The number of nitrogens with zero attached hydrogens (tertiary/aromatic N) is 2. The van der Waals surface area contributed by atoms with Crippen LogP contribution in [0.15, 0.2) is 54.7 Å². The van der Waals surface area contributed by atoms with E-state index in [1.165, 1.54) is 24.0 Å². The monoisotopic (exact) mass is 386 g/mol. The Kier molecular flexibility index (Phi) is 5.94. The van der Waals surface area contributed by atoms with Gasteiger partial charge in [-0.15, -0.1) is 0 Å². The fourth-order valence-electron chi connectivity index (χ4n) is 4.58. The maximum atomic E-state index is 13.8. The molecule has 0 radical (unpaired) electrons. The molecule has 3 nitrogen and oxygen atoms in total. The van der Waals surface area contributed by atoms with Crippen molar-refractivity contribution in [2.75, 3.05) is 4.90 Å². The number of aromatic nitrogens is 1. The quantitative estimate of drug-likeness (QED) is 0.396. The number of fused-ring (bicyclic) bond motifs is 2. The number of aryl methyl sites for hydroxylation is 1. The fourth-order valence-corrected chi connectivity index (χ4v) is 4.58. The first-order valence-corrected chi connectivity index (χ1v) is 11.0. The Bertz CT molecular complexity index is 1010. The molecule has 29 heavy (non-hydrogen) atoms. The molecular weight excluding hydrogens is 356 g/mol. The summed E-state index contributed by atoms with van der Waals surface area (Å²) in [6.07, 6.45) is 9.53. The number of pyridine rings is 1. The van der Waals surface area contributed by atoms with E-state index in [-0.39, 0.29) is 11.9 Å². The molecule has 0 spiro atoms. The molecular formula is C26H30N2O. The van der Waals surface area contributed by atoms with Crippen LogP contribution in [0.5, 0.6) is 0 Å². The van der Waals surface area contributed by atoms with Gasteiger partial charge in [0.05, 0.1) is 17.2 Å². The van der Waals surface area contributed by atoms with Crippen LogP contribution in [0.4, 0.5) is 5.69 Å². The molecule has 1 unspecified atom stereocenters. The minimum atomic E-state index is 0.0937. The number of para-hydroxylation sites is 1. The zero-order valence-corrected chi connectivity index (χ0v) is 17.5. The molecule has 0 saturated carbocycles. The Hall–Kier alpha value is -2.68. The molecule has 1 aromatic heterocycles. The Labute approximate surface area is 173 Å². The number of rotatable bonds is 8. The number of hydrogen-bond acceptors (Lipinski definition) is 2. The van der Waals surface area contributed by atoms with E-state index < -0.39 is 0 Å². The fraction of sp³-hybridized carbons (Fsp3) is 0.385. The SMILES string of the molecule is CCCCCc1cccc2c1C(=O)N(c1cccc3cccnc13)C2CCCC. The highest BCUT2D eigenvalue weighted by Gasteiger charge is 2.39. The van der Waals surface area contributed by atoms with Crippen LogP contribution < -0.4 is 4.90 Å². The maximum absolute atomic E-state index is 13.8. The average molecular weight is 387 g/mol. The summed E-state index contributed by atoms with van der Waals surface area (Å²) < 4.78 is 0. The summed E-state index contributed by atoms with van der Waals surface area (Å²) in [5.74, 6) is 0.145. The number of anilines is 1. The van der Waals surface area contributed by atoms with Crippen LogP contribution in [0.25, 0.3) is 10.9 Å². The molecule has 1 aliphatic rings. The van der Waals surface area contributed by atoms with Gasteiger partial charge in [-0.1, -0.05) is 75.9 Å². The third kappa shape index (κ3) is 3.66. The lowest BCUT2D eigenvalue weighted by Gasteiger charge is -2.26. The molecule has 3 heteroatoms. The van der Waals surface area contributed by atoms with E-state index in [9.17, 15) is 4.79 Å². The van der Waals surface area contributed by atoms with Gasteiger partial charge in [0.15, 0.2) is 0 Å². The van der Waals surface area contributed by atoms with Gasteiger partial charge in [0.2, 0.25) is 0 Å². The van der Waals surface area contributed by atoms with Crippen LogP contribution in [0.3, 0.4) is 0 Å². The molecule has 1 aliphatic heterocycles. The van der Waals surface area contributed by atoms with Crippen molar-refractivity contribution < 1.29 is 4.79 Å². The maximum Gasteiger partial charge on any atom is 0.259 e. The van der Waals surface area contributed by atoms with E-state index in [2.05, 4.69) is 55.2 Å². The van der Waals surface area contributed by atoms with Gasteiger partial charge in [-0.25, -0.2) is 0 Å².